The zero-order valence-electron chi connectivity index (χ0n) is 13.3. The number of carbonyl (C=O) groups excluding carboxylic acids is 2. The van der Waals surface area contributed by atoms with Gasteiger partial charge in [-0.2, -0.15) is 0 Å². The lowest BCUT2D eigenvalue weighted by molar-refractivity contribution is -0.144. The van der Waals surface area contributed by atoms with E-state index in [0.717, 1.165) is 21.6 Å². The number of hydrogen-bond acceptors (Lipinski definition) is 6. The van der Waals surface area contributed by atoms with Gasteiger partial charge in [-0.15, -0.1) is 0 Å². The van der Waals surface area contributed by atoms with Crippen molar-refractivity contribution < 1.29 is 29.4 Å². The zero-order valence-corrected chi connectivity index (χ0v) is 15.0. The number of thioether (sulfide) groups is 1. The highest BCUT2D eigenvalue weighted by atomic mass is 32.2. The molecule has 3 rings (SSSR count). The van der Waals surface area contributed by atoms with Gasteiger partial charge in [-0.25, -0.2) is 4.79 Å². The summed E-state index contributed by atoms with van der Waals surface area (Å²) in [7, 11) is 0. The standard InChI is InChI=1S/C16H12N2O6S2/c1-7(15(23)24)18-14(22)12(26-16(18)25)11-8-4-2-3-5-9(8)17(13(11)21)6-10(19)20/h2-5,7H,6H2,1H3,(H,19,20)(H,23,24). The van der Waals surface area contributed by atoms with Crippen LogP contribution < -0.4 is 4.90 Å². The number of nitrogens with zero attached hydrogens (tertiary/aromatic N) is 2. The molecular formula is C16H12N2O6S2. The van der Waals surface area contributed by atoms with Crippen LogP contribution >= 0.6 is 24.0 Å². The molecule has 0 radical (unpaired) electrons. The number of carbonyl (C=O) groups is 4. The molecule has 2 aliphatic heterocycles. The summed E-state index contributed by atoms with van der Waals surface area (Å²) in [6.07, 6.45) is 0. The molecule has 2 aliphatic rings. The zero-order chi connectivity index (χ0) is 19.2. The Labute approximate surface area is 157 Å². The quantitative estimate of drug-likeness (QED) is 0.579. The third kappa shape index (κ3) is 2.76. The molecule has 2 heterocycles. The fourth-order valence-corrected chi connectivity index (χ4v) is 4.26. The number of para-hydroxylation sites is 1. The van der Waals surface area contributed by atoms with Crippen molar-refractivity contribution in [3.8, 4) is 0 Å². The summed E-state index contributed by atoms with van der Waals surface area (Å²) in [5, 5.41) is 18.2. The second-order valence-corrected chi connectivity index (χ2v) is 7.21. The Morgan fingerprint density at radius 2 is 1.85 bits per heavy atom. The Kier molecular flexibility index (Phi) is 4.55. The van der Waals surface area contributed by atoms with Crippen LogP contribution in [0.2, 0.25) is 0 Å². The molecule has 2 N–H and O–H groups in total. The van der Waals surface area contributed by atoms with Crippen LogP contribution in [0.15, 0.2) is 29.2 Å². The molecule has 1 unspecified atom stereocenters. The van der Waals surface area contributed by atoms with E-state index >= 15 is 0 Å². The monoisotopic (exact) mass is 392 g/mol. The minimum Gasteiger partial charge on any atom is -0.480 e. The van der Waals surface area contributed by atoms with Crippen molar-refractivity contribution in [2.24, 2.45) is 0 Å². The number of carboxylic acid groups (broad SMARTS) is 2. The van der Waals surface area contributed by atoms with Crippen molar-refractivity contribution in [2.75, 3.05) is 11.4 Å². The smallest absolute Gasteiger partial charge is 0.326 e. The average Bonchev–Trinajstić information content (AvgIpc) is 3.01. The van der Waals surface area contributed by atoms with E-state index < -0.39 is 36.3 Å². The molecule has 1 atom stereocenters. The van der Waals surface area contributed by atoms with Gasteiger partial charge in [0.25, 0.3) is 11.8 Å². The summed E-state index contributed by atoms with van der Waals surface area (Å²) >= 11 is 5.96. The molecule has 8 nitrogen and oxygen atoms in total. The van der Waals surface area contributed by atoms with E-state index in [4.69, 9.17) is 22.4 Å². The van der Waals surface area contributed by atoms with Gasteiger partial charge in [0, 0.05) is 5.56 Å². The minimum atomic E-state index is -1.22. The highest BCUT2D eigenvalue weighted by Crippen LogP contribution is 2.44. The van der Waals surface area contributed by atoms with Crippen LogP contribution in [0, 0.1) is 0 Å². The van der Waals surface area contributed by atoms with Crippen molar-refractivity contribution in [3.05, 3.63) is 34.7 Å². The molecule has 26 heavy (non-hydrogen) atoms. The Morgan fingerprint density at radius 3 is 2.46 bits per heavy atom. The predicted molar refractivity (Wildman–Crippen MR) is 97.5 cm³/mol. The van der Waals surface area contributed by atoms with E-state index in [0.29, 0.717) is 11.3 Å². The number of benzene rings is 1. The van der Waals surface area contributed by atoms with E-state index in [1.165, 1.54) is 6.92 Å². The Balaban J connectivity index is 2.12. The van der Waals surface area contributed by atoms with Gasteiger partial charge in [-0.1, -0.05) is 42.2 Å². The SMILES string of the molecule is CC(C(=O)O)N1C(=O)C(=C2C(=O)N(CC(=O)O)c3ccccc32)SC1=S. The number of rotatable bonds is 4. The highest BCUT2D eigenvalue weighted by molar-refractivity contribution is 8.26. The second kappa shape index (κ2) is 6.54. The first kappa shape index (κ1) is 18.1. The Hall–Kier alpha value is -2.72. The van der Waals surface area contributed by atoms with E-state index in [9.17, 15) is 19.2 Å². The highest BCUT2D eigenvalue weighted by Gasteiger charge is 2.44. The lowest BCUT2D eigenvalue weighted by atomic mass is 10.1. The number of thiocarbonyl (C=S) groups is 1. The van der Waals surface area contributed by atoms with Crippen LogP contribution in [0.25, 0.3) is 5.57 Å². The summed E-state index contributed by atoms with van der Waals surface area (Å²) in [5.41, 5.74) is 0.841. The third-order valence-corrected chi connectivity index (χ3v) is 5.39. The molecule has 1 fully saturated rings. The molecule has 0 spiro atoms. The van der Waals surface area contributed by atoms with Gasteiger partial charge in [0.15, 0.2) is 0 Å². The topological polar surface area (TPSA) is 115 Å². The normalized spacial score (nSPS) is 20.6. The lowest BCUT2D eigenvalue weighted by Crippen LogP contribution is -2.41. The van der Waals surface area contributed by atoms with Crippen LogP contribution in [0.5, 0.6) is 0 Å². The fourth-order valence-electron chi connectivity index (χ4n) is 2.77. The number of aliphatic carboxylic acids is 2. The fraction of sp³-hybridized carbons (Fsp3) is 0.188. The van der Waals surface area contributed by atoms with Crippen molar-refractivity contribution in [3.63, 3.8) is 0 Å². The predicted octanol–water partition coefficient (Wildman–Crippen LogP) is 1.16. The number of carboxylic acids is 2. The van der Waals surface area contributed by atoms with Gasteiger partial charge in [0.05, 0.1) is 16.2 Å². The molecular weight excluding hydrogens is 380 g/mol. The molecule has 10 heteroatoms. The maximum absolute atomic E-state index is 12.8. The largest absolute Gasteiger partial charge is 0.480 e. The molecule has 2 amide bonds. The van der Waals surface area contributed by atoms with Crippen molar-refractivity contribution in [1.82, 2.24) is 4.90 Å². The molecule has 0 bridgehead atoms. The molecule has 0 saturated carbocycles. The lowest BCUT2D eigenvalue weighted by Gasteiger charge is -2.18. The minimum absolute atomic E-state index is 0.00781. The summed E-state index contributed by atoms with van der Waals surface area (Å²) in [6, 6.07) is 5.34. The van der Waals surface area contributed by atoms with Crippen LogP contribution in [-0.2, 0) is 19.2 Å². The van der Waals surface area contributed by atoms with Gasteiger partial charge in [0.1, 0.15) is 16.9 Å². The Bertz CT molecular complexity index is 910. The van der Waals surface area contributed by atoms with E-state index in [1.54, 1.807) is 24.3 Å². The van der Waals surface area contributed by atoms with Crippen LogP contribution in [-0.4, -0.2) is 55.8 Å². The number of anilines is 1. The summed E-state index contributed by atoms with van der Waals surface area (Å²) in [6.45, 7) is 0.771. The maximum atomic E-state index is 12.8. The number of amides is 2. The van der Waals surface area contributed by atoms with Crippen molar-refractivity contribution in [1.29, 1.82) is 0 Å². The van der Waals surface area contributed by atoms with Crippen molar-refractivity contribution >= 4 is 63.3 Å². The van der Waals surface area contributed by atoms with E-state index in [1.807, 2.05) is 0 Å². The molecule has 0 aromatic heterocycles. The average molecular weight is 392 g/mol. The molecule has 0 aliphatic carbocycles. The van der Waals surface area contributed by atoms with Gasteiger partial charge < -0.3 is 10.2 Å². The maximum Gasteiger partial charge on any atom is 0.326 e. The summed E-state index contributed by atoms with van der Waals surface area (Å²) in [4.78, 5) is 49.9. The first-order valence-electron chi connectivity index (χ1n) is 7.39. The number of hydrogen-bond donors (Lipinski definition) is 2. The molecule has 1 aromatic carbocycles. The van der Waals surface area contributed by atoms with E-state index in [-0.39, 0.29) is 14.8 Å². The van der Waals surface area contributed by atoms with Gasteiger partial charge >= 0.3 is 11.9 Å². The Morgan fingerprint density at radius 1 is 1.19 bits per heavy atom. The summed E-state index contributed by atoms with van der Waals surface area (Å²) < 4.78 is 0.0364. The second-order valence-electron chi connectivity index (χ2n) is 5.56. The van der Waals surface area contributed by atoms with Gasteiger partial charge in [-0.3, -0.25) is 24.2 Å². The first-order valence-corrected chi connectivity index (χ1v) is 8.62. The van der Waals surface area contributed by atoms with Gasteiger partial charge in [-0.05, 0) is 13.0 Å². The molecule has 1 saturated heterocycles. The van der Waals surface area contributed by atoms with Crippen LogP contribution in [0.3, 0.4) is 0 Å². The molecule has 1 aromatic rings. The first-order chi connectivity index (χ1) is 12.2. The van der Waals surface area contributed by atoms with Gasteiger partial charge in [0.2, 0.25) is 0 Å². The molecule has 134 valence electrons. The van der Waals surface area contributed by atoms with Crippen LogP contribution in [0.1, 0.15) is 12.5 Å². The third-order valence-electron chi connectivity index (χ3n) is 3.99. The van der Waals surface area contributed by atoms with E-state index in [2.05, 4.69) is 0 Å². The summed E-state index contributed by atoms with van der Waals surface area (Å²) in [5.74, 6) is -3.72. The van der Waals surface area contributed by atoms with Crippen LogP contribution in [0.4, 0.5) is 5.69 Å². The number of fused-ring (bicyclic) bond motifs is 1. The van der Waals surface area contributed by atoms with Crippen molar-refractivity contribution in [2.45, 2.75) is 13.0 Å².